The predicted octanol–water partition coefficient (Wildman–Crippen LogP) is 3.66. The molecule has 8 heteroatoms. The van der Waals surface area contributed by atoms with Crippen LogP contribution in [-0.4, -0.2) is 24.3 Å². The van der Waals surface area contributed by atoms with Crippen molar-refractivity contribution in [3.05, 3.63) is 46.8 Å². The number of aliphatic imine (C=N–C) groups is 1. The molecule has 0 amide bonds. The lowest BCUT2D eigenvalue weighted by Gasteiger charge is -2.13. The van der Waals surface area contributed by atoms with Gasteiger partial charge in [-0.25, -0.2) is 4.99 Å². The molecular formula is C19H26F2N4O2. The first-order valence-corrected chi connectivity index (χ1v) is 9.10. The number of alkyl halides is 2. The average molecular weight is 380 g/mol. The van der Waals surface area contributed by atoms with Gasteiger partial charge < -0.3 is 19.9 Å². The number of guanidine groups is 1. The van der Waals surface area contributed by atoms with Crippen LogP contribution in [0.1, 0.15) is 43.4 Å². The molecule has 2 aromatic rings. The fraction of sp³-hybridized carbons (Fsp3) is 0.474. The number of hydrogen-bond donors (Lipinski definition) is 2. The highest BCUT2D eigenvalue weighted by molar-refractivity contribution is 5.79. The smallest absolute Gasteiger partial charge is 0.387 e. The zero-order valence-electron chi connectivity index (χ0n) is 15.9. The van der Waals surface area contributed by atoms with Crippen molar-refractivity contribution in [2.45, 2.75) is 53.3 Å². The Morgan fingerprint density at radius 3 is 2.63 bits per heavy atom. The molecule has 0 spiro atoms. The van der Waals surface area contributed by atoms with Crippen molar-refractivity contribution in [3.8, 4) is 5.75 Å². The van der Waals surface area contributed by atoms with E-state index < -0.39 is 6.61 Å². The minimum absolute atomic E-state index is 0.132. The summed E-state index contributed by atoms with van der Waals surface area (Å²) in [6, 6.07) is 6.64. The Balaban J connectivity index is 2.10. The summed E-state index contributed by atoms with van der Waals surface area (Å²) < 4.78 is 35.0. The monoisotopic (exact) mass is 380 g/mol. The van der Waals surface area contributed by atoms with Crippen LogP contribution in [0.4, 0.5) is 8.78 Å². The molecule has 6 nitrogen and oxygen atoms in total. The summed E-state index contributed by atoms with van der Waals surface area (Å²) in [5.74, 6) is 1.56. The summed E-state index contributed by atoms with van der Waals surface area (Å²) >= 11 is 0. The van der Waals surface area contributed by atoms with Gasteiger partial charge in [-0.1, -0.05) is 37.2 Å². The molecule has 2 N–H and O–H groups in total. The number of nitrogens with one attached hydrogen (secondary N) is 2. The summed E-state index contributed by atoms with van der Waals surface area (Å²) in [6.07, 6.45) is 1.54. The van der Waals surface area contributed by atoms with Gasteiger partial charge in [0.05, 0.1) is 12.2 Å². The SMILES string of the molecule is CCNC(=NCc1ccccc1OC(F)F)NCc1c(CC)noc1CC. The Kier molecular flexibility index (Phi) is 8.03. The van der Waals surface area contributed by atoms with Gasteiger partial charge in [0.1, 0.15) is 11.5 Å². The predicted molar refractivity (Wildman–Crippen MR) is 100.0 cm³/mol. The highest BCUT2D eigenvalue weighted by Crippen LogP contribution is 2.21. The number of rotatable bonds is 9. The van der Waals surface area contributed by atoms with Crippen molar-refractivity contribution in [3.63, 3.8) is 0 Å². The van der Waals surface area contributed by atoms with Gasteiger partial charge in [-0.05, 0) is 19.4 Å². The van der Waals surface area contributed by atoms with Gasteiger partial charge in [-0.2, -0.15) is 8.78 Å². The second-order valence-electron chi connectivity index (χ2n) is 5.77. The molecule has 0 radical (unpaired) electrons. The zero-order chi connectivity index (χ0) is 19.6. The highest BCUT2D eigenvalue weighted by atomic mass is 19.3. The van der Waals surface area contributed by atoms with Crippen LogP contribution in [0.15, 0.2) is 33.8 Å². The third-order valence-electron chi connectivity index (χ3n) is 3.98. The van der Waals surface area contributed by atoms with Gasteiger partial charge in [-0.15, -0.1) is 0 Å². The number of ether oxygens (including phenoxy) is 1. The van der Waals surface area contributed by atoms with E-state index in [1.807, 2.05) is 20.8 Å². The first-order chi connectivity index (χ1) is 13.1. The summed E-state index contributed by atoms with van der Waals surface area (Å²) in [6.45, 7) is 4.55. The number of nitrogens with zero attached hydrogens (tertiary/aromatic N) is 2. The first-order valence-electron chi connectivity index (χ1n) is 9.10. The van der Waals surface area contributed by atoms with Gasteiger partial charge in [0.25, 0.3) is 0 Å². The minimum atomic E-state index is -2.87. The molecule has 0 fully saturated rings. The van der Waals surface area contributed by atoms with Gasteiger partial charge in [-0.3, -0.25) is 0 Å². The van der Waals surface area contributed by atoms with Crippen LogP contribution in [0.2, 0.25) is 0 Å². The molecule has 0 atom stereocenters. The van der Waals surface area contributed by atoms with Crippen molar-refractivity contribution >= 4 is 5.96 Å². The third kappa shape index (κ3) is 5.94. The Labute approximate surface area is 158 Å². The molecule has 27 heavy (non-hydrogen) atoms. The standard InChI is InChI=1S/C19H26F2N4O2/c1-4-15-14(16(5-2)27-25-15)12-24-19(22-6-3)23-11-13-9-7-8-10-17(13)26-18(20)21/h7-10,18H,4-6,11-12H2,1-3H3,(H2,22,23,24). The van der Waals surface area contributed by atoms with Crippen LogP contribution in [0, 0.1) is 0 Å². The van der Waals surface area contributed by atoms with Crippen LogP contribution in [0.25, 0.3) is 0 Å². The van der Waals surface area contributed by atoms with Gasteiger partial charge >= 0.3 is 6.61 Å². The Morgan fingerprint density at radius 2 is 1.96 bits per heavy atom. The van der Waals surface area contributed by atoms with E-state index in [2.05, 4.69) is 25.5 Å². The molecule has 0 aliphatic heterocycles. The highest BCUT2D eigenvalue weighted by Gasteiger charge is 2.14. The topological polar surface area (TPSA) is 71.7 Å². The number of benzene rings is 1. The molecule has 1 aromatic carbocycles. The van der Waals surface area contributed by atoms with E-state index in [9.17, 15) is 8.78 Å². The van der Waals surface area contributed by atoms with Crippen LogP contribution in [0.5, 0.6) is 5.75 Å². The number of hydrogen-bond acceptors (Lipinski definition) is 4. The molecule has 0 unspecified atom stereocenters. The van der Waals surface area contributed by atoms with Crippen molar-refractivity contribution in [2.75, 3.05) is 6.54 Å². The first kappa shape index (κ1) is 20.7. The van der Waals surface area contributed by atoms with Crippen LogP contribution in [0.3, 0.4) is 0 Å². The van der Waals surface area contributed by atoms with E-state index in [0.717, 1.165) is 29.9 Å². The second kappa shape index (κ2) is 10.5. The van der Waals surface area contributed by atoms with Crippen LogP contribution < -0.4 is 15.4 Å². The minimum Gasteiger partial charge on any atom is -0.434 e. The zero-order valence-corrected chi connectivity index (χ0v) is 15.9. The largest absolute Gasteiger partial charge is 0.434 e. The third-order valence-corrected chi connectivity index (χ3v) is 3.98. The number of halogens is 2. The summed E-state index contributed by atoms with van der Waals surface area (Å²) in [7, 11) is 0. The van der Waals surface area contributed by atoms with Crippen molar-refractivity contribution < 1.29 is 18.0 Å². The number of aromatic nitrogens is 1. The molecule has 148 valence electrons. The van der Waals surface area contributed by atoms with Crippen molar-refractivity contribution in [2.24, 2.45) is 4.99 Å². The molecule has 1 heterocycles. The van der Waals surface area contributed by atoms with E-state index in [0.29, 0.717) is 24.6 Å². The lowest BCUT2D eigenvalue weighted by Crippen LogP contribution is -2.37. The number of aryl methyl sites for hydroxylation is 2. The molecule has 1 aromatic heterocycles. The maximum atomic E-state index is 12.5. The van der Waals surface area contributed by atoms with E-state index >= 15 is 0 Å². The lowest BCUT2D eigenvalue weighted by atomic mass is 10.1. The molecule has 0 bridgehead atoms. The van der Waals surface area contributed by atoms with Crippen molar-refractivity contribution in [1.29, 1.82) is 0 Å². The fourth-order valence-corrected chi connectivity index (χ4v) is 2.66. The molecule has 0 saturated heterocycles. The number of para-hydroxylation sites is 1. The fourth-order valence-electron chi connectivity index (χ4n) is 2.66. The van der Waals surface area contributed by atoms with Crippen LogP contribution in [-0.2, 0) is 25.9 Å². The van der Waals surface area contributed by atoms with Gasteiger partial charge in [0.2, 0.25) is 0 Å². The lowest BCUT2D eigenvalue weighted by molar-refractivity contribution is -0.0504. The van der Waals surface area contributed by atoms with E-state index in [1.54, 1.807) is 18.2 Å². The summed E-state index contributed by atoms with van der Waals surface area (Å²) in [5, 5.41) is 10.5. The summed E-state index contributed by atoms with van der Waals surface area (Å²) in [5.41, 5.74) is 2.54. The van der Waals surface area contributed by atoms with Gasteiger partial charge in [0, 0.05) is 30.6 Å². The van der Waals surface area contributed by atoms with E-state index in [-0.39, 0.29) is 12.3 Å². The maximum Gasteiger partial charge on any atom is 0.387 e. The Hall–Kier alpha value is -2.64. The second-order valence-corrected chi connectivity index (χ2v) is 5.77. The molecular weight excluding hydrogens is 354 g/mol. The Bertz CT molecular complexity index is 726. The summed E-state index contributed by atoms with van der Waals surface area (Å²) in [4.78, 5) is 4.48. The normalized spacial score (nSPS) is 11.7. The molecule has 0 aliphatic rings. The van der Waals surface area contributed by atoms with Gasteiger partial charge in [0.15, 0.2) is 5.96 Å². The van der Waals surface area contributed by atoms with Crippen molar-refractivity contribution in [1.82, 2.24) is 15.8 Å². The Morgan fingerprint density at radius 1 is 1.19 bits per heavy atom. The molecule has 0 aliphatic carbocycles. The van der Waals surface area contributed by atoms with E-state index in [1.165, 1.54) is 6.07 Å². The molecule has 0 saturated carbocycles. The van der Waals surface area contributed by atoms with Crippen LogP contribution >= 0.6 is 0 Å². The quantitative estimate of drug-likeness (QED) is 0.513. The average Bonchev–Trinajstić information content (AvgIpc) is 3.06. The molecule has 2 rings (SSSR count). The van der Waals surface area contributed by atoms with E-state index in [4.69, 9.17) is 4.52 Å². The maximum absolute atomic E-state index is 12.5.